The van der Waals surface area contributed by atoms with Crippen LogP contribution in [0.1, 0.15) is 23.7 Å². The van der Waals surface area contributed by atoms with Crippen molar-refractivity contribution in [2.24, 2.45) is 0 Å². The molecule has 1 N–H and O–H groups in total. The highest BCUT2D eigenvalue weighted by Gasteiger charge is 2.12. The third-order valence-corrected chi connectivity index (χ3v) is 2.47. The van der Waals surface area contributed by atoms with Gasteiger partial charge in [0.15, 0.2) is 5.78 Å². The molecule has 0 aliphatic heterocycles. The van der Waals surface area contributed by atoms with Crippen LogP contribution in [0.5, 0.6) is 0 Å². The first-order valence-electron chi connectivity index (χ1n) is 5.65. The van der Waals surface area contributed by atoms with E-state index in [0.29, 0.717) is 13.1 Å². The van der Waals surface area contributed by atoms with Crippen molar-refractivity contribution in [2.75, 3.05) is 20.1 Å². The predicted molar refractivity (Wildman–Crippen MR) is 64.5 cm³/mol. The van der Waals surface area contributed by atoms with Gasteiger partial charge < -0.3 is 10.0 Å². The zero-order valence-electron chi connectivity index (χ0n) is 10.2. The van der Waals surface area contributed by atoms with Crippen LogP contribution < -0.4 is 0 Å². The van der Waals surface area contributed by atoms with Gasteiger partial charge >= 0.3 is 0 Å². The SMILES string of the molecule is CC(O)CN(C)CCC(=O)c1ccccc1F. The van der Waals surface area contributed by atoms with Gasteiger partial charge in [0.2, 0.25) is 0 Å². The Morgan fingerprint density at radius 3 is 2.71 bits per heavy atom. The van der Waals surface area contributed by atoms with Crippen LogP contribution in [-0.4, -0.2) is 42.0 Å². The number of rotatable bonds is 6. The molecule has 0 heterocycles. The summed E-state index contributed by atoms with van der Waals surface area (Å²) in [6.07, 6.45) is -0.173. The van der Waals surface area contributed by atoms with Crippen LogP contribution >= 0.6 is 0 Å². The van der Waals surface area contributed by atoms with Gasteiger partial charge in [-0.1, -0.05) is 12.1 Å². The molecule has 0 radical (unpaired) electrons. The number of hydrogen-bond acceptors (Lipinski definition) is 3. The molecule has 1 aromatic carbocycles. The van der Waals surface area contributed by atoms with Crippen LogP contribution in [0.4, 0.5) is 4.39 Å². The monoisotopic (exact) mass is 239 g/mol. The molecule has 0 aliphatic carbocycles. The van der Waals surface area contributed by atoms with Gasteiger partial charge in [-0.05, 0) is 26.1 Å². The number of carbonyl (C=O) groups excluding carboxylic acids is 1. The number of aliphatic hydroxyl groups excluding tert-OH is 1. The maximum atomic E-state index is 13.3. The zero-order valence-corrected chi connectivity index (χ0v) is 10.2. The van der Waals surface area contributed by atoms with E-state index in [2.05, 4.69) is 0 Å². The fourth-order valence-corrected chi connectivity index (χ4v) is 1.66. The van der Waals surface area contributed by atoms with Crippen molar-refractivity contribution in [3.8, 4) is 0 Å². The van der Waals surface area contributed by atoms with Gasteiger partial charge in [-0.15, -0.1) is 0 Å². The second-order valence-electron chi connectivity index (χ2n) is 4.26. The Morgan fingerprint density at radius 2 is 2.12 bits per heavy atom. The third-order valence-electron chi connectivity index (χ3n) is 2.47. The van der Waals surface area contributed by atoms with Gasteiger partial charge in [0.1, 0.15) is 5.82 Å². The molecule has 0 saturated heterocycles. The number of benzene rings is 1. The molecule has 4 heteroatoms. The lowest BCUT2D eigenvalue weighted by Gasteiger charge is -2.17. The molecule has 0 spiro atoms. The molecular formula is C13H18FNO2. The van der Waals surface area contributed by atoms with Crippen molar-refractivity contribution in [1.29, 1.82) is 0 Å². The minimum atomic E-state index is -0.476. The summed E-state index contributed by atoms with van der Waals surface area (Å²) in [5.41, 5.74) is 0.137. The van der Waals surface area contributed by atoms with E-state index in [-0.39, 0.29) is 17.8 Å². The van der Waals surface area contributed by atoms with Gasteiger partial charge in [0.25, 0.3) is 0 Å². The maximum Gasteiger partial charge on any atom is 0.167 e. The molecule has 94 valence electrons. The topological polar surface area (TPSA) is 40.5 Å². The fourth-order valence-electron chi connectivity index (χ4n) is 1.66. The first-order chi connectivity index (χ1) is 8.00. The second kappa shape index (κ2) is 6.47. The normalized spacial score (nSPS) is 12.8. The Kier molecular flexibility index (Phi) is 5.25. The number of Topliss-reactive ketones (excluding diaryl/α,β-unsaturated/α-hetero) is 1. The minimum absolute atomic E-state index is 0.137. The summed E-state index contributed by atoms with van der Waals surface area (Å²) < 4.78 is 13.3. The van der Waals surface area contributed by atoms with Gasteiger partial charge in [-0.3, -0.25) is 4.79 Å². The highest BCUT2D eigenvalue weighted by molar-refractivity contribution is 5.96. The van der Waals surface area contributed by atoms with Crippen molar-refractivity contribution in [3.63, 3.8) is 0 Å². The van der Waals surface area contributed by atoms with E-state index in [0.717, 1.165) is 0 Å². The van der Waals surface area contributed by atoms with Gasteiger partial charge in [-0.25, -0.2) is 4.39 Å². The molecule has 0 fully saturated rings. The number of halogens is 1. The van der Waals surface area contributed by atoms with Crippen molar-refractivity contribution in [3.05, 3.63) is 35.6 Å². The number of aliphatic hydroxyl groups is 1. The van der Waals surface area contributed by atoms with Crippen molar-refractivity contribution >= 4 is 5.78 Å². The number of ketones is 1. The third kappa shape index (κ3) is 4.63. The van der Waals surface area contributed by atoms with E-state index in [1.54, 1.807) is 19.1 Å². The lowest BCUT2D eigenvalue weighted by molar-refractivity contribution is 0.0944. The van der Waals surface area contributed by atoms with Crippen LogP contribution in [0.15, 0.2) is 24.3 Å². The molecule has 0 bridgehead atoms. The van der Waals surface area contributed by atoms with E-state index in [4.69, 9.17) is 5.11 Å². The quantitative estimate of drug-likeness (QED) is 0.768. The number of nitrogens with zero attached hydrogens (tertiary/aromatic N) is 1. The van der Waals surface area contributed by atoms with Gasteiger partial charge in [0.05, 0.1) is 11.7 Å². The Bertz CT molecular complexity index is 379. The molecule has 0 aliphatic rings. The number of hydrogen-bond donors (Lipinski definition) is 1. The maximum absolute atomic E-state index is 13.3. The molecule has 0 saturated carbocycles. The van der Waals surface area contributed by atoms with Crippen molar-refractivity contribution in [1.82, 2.24) is 4.90 Å². The highest BCUT2D eigenvalue weighted by Crippen LogP contribution is 2.09. The van der Waals surface area contributed by atoms with Crippen molar-refractivity contribution in [2.45, 2.75) is 19.4 Å². The highest BCUT2D eigenvalue weighted by atomic mass is 19.1. The van der Waals surface area contributed by atoms with E-state index in [9.17, 15) is 9.18 Å². The Morgan fingerprint density at radius 1 is 1.47 bits per heavy atom. The fraction of sp³-hybridized carbons (Fsp3) is 0.462. The summed E-state index contributed by atoms with van der Waals surface area (Å²) in [6, 6.07) is 5.99. The molecule has 1 rings (SSSR count). The molecule has 1 unspecified atom stereocenters. The van der Waals surface area contributed by atoms with Crippen LogP contribution in [0, 0.1) is 5.82 Å². The van der Waals surface area contributed by atoms with Gasteiger partial charge in [0, 0.05) is 19.5 Å². The Labute approximate surface area is 101 Å². The first kappa shape index (κ1) is 13.8. The largest absolute Gasteiger partial charge is 0.392 e. The van der Waals surface area contributed by atoms with Crippen molar-refractivity contribution < 1.29 is 14.3 Å². The molecule has 17 heavy (non-hydrogen) atoms. The minimum Gasteiger partial charge on any atom is -0.392 e. The Balaban J connectivity index is 2.48. The molecule has 3 nitrogen and oxygen atoms in total. The molecule has 0 amide bonds. The lowest BCUT2D eigenvalue weighted by Crippen LogP contribution is -2.29. The van der Waals surface area contributed by atoms with Crippen LogP contribution in [-0.2, 0) is 0 Å². The van der Waals surface area contributed by atoms with Crippen LogP contribution in [0.25, 0.3) is 0 Å². The summed E-state index contributed by atoms with van der Waals surface area (Å²) in [7, 11) is 1.82. The second-order valence-corrected chi connectivity index (χ2v) is 4.26. The molecule has 1 atom stereocenters. The van der Waals surface area contributed by atoms with E-state index in [1.807, 2.05) is 11.9 Å². The predicted octanol–water partition coefficient (Wildman–Crippen LogP) is 1.71. The average molecular weight is 239 g/mol. The van der Waals surface area contributed by atoms with Gasteiger partial charge in [-0.2, -0.15) is 0 Å². The van der Waals surface area contributed by atoms with E-state index >= 15 is 0 Å². The standard InChI is InChI=1S/C13H18FNO2/c1-10(16)9-15(2)8-7-13(17)11-5-3-4-6-12(11)14/h3-6,10,16H,7-9H2,1-2H3. The Hall–Kier alpha value is -1.26. The van der Waals surface area contributed by atoms with Crippen LogP contribution in [0.2, 0.25) is 0 Å². The summed E-state index contributed by atoms with van der Waals surface area (Å²) >= 11 is 0. The van der Waals surface area contributed by atoms with E-state index < -0.39 is 11.9 Å². The summed E-state index contributed by atoms with van der Waals surface area (Å²) in [6.45, 7) is 2.71. The zero-order chi connectivity index (χ0) is 12.8. The summed E-state index contributed by atoms with van der Waals surface area (Å²) in [4.78, 5) is 13.6. The summed E-state index contributed by atoms with van der Waals surface area (Å²) in [5.74, 6) is -0.684. The summed E-state index contributed by atoms with van der Waals surface area (Å²) in [5, 5.41) is 9.16. The molecule has 1 aromatic rings. The first-order valence-corrected chi connectivity index (χ1v) is 5.65. The lowest BCUT2D eigenvalue weighted by atomic mass is 10.1. The smallest absolute Gasteiger partial charge is 0.167 e. The number of likely N-dealkylation sites (N-methyl/N-ethyl adjacent to an activating group) is 1. The molecular weight excluding hydrogens is 221 g/mol. The average Bonchev–Trinajstić information content (AvgIpc) is 2.25. The number of carbonyl (C=O) groups is 1. The molecule has 0 aromatic heterocycles. The van der Waals surface area contributed by atoms with E-state index in [1.165, 1.54) is 12.1 Å². The van der Waals surface area contributed by atoms with Crippen LogP contribution in [0.3, 0.4) is 0 Å².